The van der Waals surface area contributed by atoms with E-state index >= 15 is 0 Å². The first kappa shape index (κ1) is 10.9. The van der Waals surface area contributed by atoms with Crippen LogP contribution >= 0.6 is 0 Å². The Bertz CT molecular complexity index is 168. The number of amides is 1. The maximum atomic E-state index is 10.4. The summed E-state index contributed by atoms with van der Waals surface area (Å²) in [5, 5.41) is 12.1. The second kappa shape index (κ2) is 5.54. The molecule has 2 N–H and O–H groups in total. The topological polar surface area (TPSA) is 73.7 Å². The van der Waals surface area contributed by atoms with Crippen LogP contribution in [0.3, 0.4) is 0 Å². The third-order valence-corrected chi connectivity index (χ3v) is 1.32. The molecule has 5 nitrogen and oxygen atoms in total. The number of carbonyl (C=O) groups is 2. The van der Waals surface area contributed by atoms with Gasteiger partial charge in [0, 0.05) is 13.0 Å². The normalized spacial score (nSPS) is 9.92. The van der Waals surface area contributed by atoms with E-state index in [0.717, 1.165) is 13.0 Å². The van der Waals surface area contributed by atoms with Gasteiger partial charge in [-0.15, -0.1) is 0 Å². The standard InChI is InChI=1S/C7H14N2O3/c1-9(2)5-3-4-8-6(10)7(11)12/h3-5H2,1-2H3,(H,8,10)(H,11,12). The number of quaternary nitrogens is 1. The Balaban J connectivity index is 3.32. The maximum absolute atomic E-state index is 10.4. The van der Waals surface area contributed by atoms with Crippen LogP contribution in [0.25, 0.3) is 0 Å². The zero-order chi connectivity index (χ0) is 9.56. The lowest BCUT2D eigenvalue weighted by atomic mass is 10.4. The second-order valence-corrected chi connectivity index (χ2v) is 2.85. The Morgan fingerprint density at radius 3 is 2.42 bits per heavy atom. The molecule has 0 saturated heterocycles. The lowest BCUT2D eigenvalue weighted by Gasteiger charge is -2.07. The van der Waals surface area contributed by atoms with Gasteiger partial charge in [0.2, 0.25) is 0 Å². The Kier molecular flexibility index (Phi) is 5.03. The van der Waals surface area contributed by atoms with Crippen LogP contribution in [0.5, 0.6) is 0 Å². The summed E-state index contributed by atoms with van der Waals surface area (Å²) in [6.45, 7) is 1.28. The number of rotatable bonds is 4. The molecule has 0 aliphatic rings. The molecule has 70 valence electrons. The van der Waals surface area contributed by atoms with Gasteiger partial charge in [-0.05, 0) is 0 Å². The van der Waals surface area contributed by atoms with E-state index in [-0.39, 0.29) is 0 Å². The van der Waals surface area contributed by atoms with E-state index in [4.69, 9.17) is 0 Å². The summed E-state index contributed by atoms with van der Waals surface area (Å²) in [5.74, 6) is -2.71. The summed E-state index contributed by atoms with van der Waals surface area (Å²) in [4.78, 5) is 21.6. The molecule has 0 rings (SSSR count). The third-order valence-electron chi connectivity index (χ3n) is 1.32. The lowest BCUT2D eigenvalue weighted by Crippen LogP contribution is -3.05. The van der Waals surface area contributed by atoms with Gasteiger partial charge >= 0.3 is 0 Å². The number of nitrogens with one attached hydrogen (secondary N) is 2. The monoisotopic (exact) mass is 174 g/mol. The summed E-state index contributed by atoms with van der Waals surface area (Å²) < 4.78 is 0. The van der Waals surface area contributed by atoms with Crippen molar-refractivity contribution in [1.29, 1.82) is 0 Å². The number of aliphatic carboxylic acids is 1. The van der Waals surface area contributed by atoms with Crippen molar-refractivity contribution < 1.29 is 19.6 Å². The Labute approximate surface area is 71.4 Å². The first-order chi connectivity index (χ1) is 5.54. The van der Waals surface area contributed by atoms with Crippen LogP contribution in [0.15, 0.2) is 0 Å². The molecule has 0 unspecified atom stereocenters. The van der Waals surface area contributed by atoms with Crippen LogP contribution in [0.4, 0.5) is 0 Å². The molecule has 0 heterocycles. The van der Waals surface area contributed by atoms with Crippen LogP contribution in [0, 0.1) is 0 Å². The molecule has 0 fully saturated rings. The van der Waals surface area contributed by atoms with Crippen LogP contribution in [-0.4, -0.2) is 39.1 Å². The summed E-state index contributed by atoms with van der Waals surface area (Å²) in [7, 11) is 3.97. The van der Waals surface area contributed by atoms with Crippen LogP contribution in [0.2, 0.25) is 0 Å². The molecule has 0 spiro atoms. The van der Waals surface area contributed by atoms with Crippen molar-refractivity contribution in [3.05, 3.63) is 0 Å². The summed E-state index contributed by atoms with van der Waals surface area (Å²) in [6, 6.07) is 0. The van der Waals surface area contributed by atoms with Gasteiger partial charge in [0.25, 0.3) is 5.91 Å². The SMILES string of the molecule is C[NH+](C)CCCNC(=O)C(=O)[O-]. The Morgan fingerprint density at radius 2 is 2.00 bits per heavy atom. The van der Waals surface area contributed by atoms with Gasteiger partial charge in [0.15, 0.2) is 0 Å². The molecule has 0 aliphatic carbocycles. The van der Waals surface area contributed by atoms with Crippen molar-refractivity contribution >= 4 is 11.9 Å². The van der Waals surface area contributed by atoms with E-state index in [2.05, 4.69) is 5.32 Å². The molecular formula is C7H14N2O3. The van der Waals surface area contributed by atoms with Crippen LogP contribution < -0.4 is 15.3 Å². The molecule has 0 aromatic rings. The summed E-state index contributed by atoms with van der Waals surface area (Å²) in [5.41, 5.74) is 0. The van der Waals surface area contributed by atoms with E-state index in [1.54, 1.807) is 0 Å². The molecule has 0 bridgehead atoms. The Hall–Kier alpha value is -1.10. The van der Waals surface area contributed by atoms with E-state index in [1.807, 2.05) is 14.1 Å². The number of carboxylic acid groups (broad SMARTS) is 1. The minimum absolute atomic E-state index is 0.387. The van der Waals surface area contributed by atoms with Crippen molar-refractivity contribution in [2.75, 3.05) is 27.2 Å². The zero-order valence-corrected chi connectivity index (χ0v) is 7.35. The molecule has 0 atom stereocenters. The summed E-state index contributed by atoms with van der Waals surface area (Å²) in [6.07, 6.45) is 0.765. The molecule has 0 aliphatic heterocycles. The molecule has 12 heavy (non-hydrogen) atoms. The first-order valence-electron chi connectivity index (χ1n) is 3.82. The molecule has 5 heteroatoms. The average Bonchev–Trinajstić information content (AvgIpc) is 1.97. The van der Waals surface area contributed by atoms with Gasteiger partial charge in [-0.2, -0.15) is 0 Å². The average molecular weight is 174 g/mol. The van der Waals surface area contributed by atoms with Crippen molar-refractivity contribution in [2.24, 2.45) is 0 Å². The summed E-state index contributed by atoms with van der Waals surface area (Å²) >= 11 is 0. The predicted molar refractivity (Wildman–Crippen MR) is 40.3 cm³/mol. The second-order valence-electron chi connectivity index (χ2n) is 2.85. The molecule has 0 aromatic carbocycles. The molecule has 0 saturated carbocycles. The van der Waals surface area contributed by atoms with E-state index < -0.39 is 11.9 Å². The molecule has 0 radical (unpaired) electrons. The van der Waals surface area contributed by atoms with Crippen LogP contribution in [-0.2, 0) is 9.59 Å². The van der Waals surface area contributed by atoms with Crippen LogP contribution in [0.1, 0.15) is 6.42 Å². The molecule has 0 aromatic heterocycles. The van der Waals surface area contributed by atoms with E-state index in [9.17, 15) is 14.7 Å². The van der Waals surface area contributed by atoms with Crippen molar-refractivity contribution in [2.45, 2.75) is 6.42 Å². The highest BCUT2D eigenvalue weighted by Gasteiger charge is 2.00. The van der Waals surface area contributed by atoms with Gasteiger partial charge in [0.1, 0.15) is 5.97 Å². The fourth-order valence-corrected chi connectivity index (χ4v) is 0.716. The predicted octanol–water partition coefficient (Wildman–Crippen LogP) is -3.61. The van der Waals surface area contributed by atoms with Gasteiger partial charge in [-0.1, -0.05) is 0 Å². The fraction of sp³-hybridized carbons (Fsp3) is 0.714. The fourth-order valence-electron chi connectivity index (χ4n) is 0.716. The number of carbonyl (C=O) groups excluding carboxylic acids is 2. The highest BCUT2D eigenvalue weighted by Crippen LogP contribution is 1.69. The van der Waals surface area contributed by atoms with Crippen molar-refractivity contribution in [1.82, 2.24) is 5.32 Å². The largest absolute Gasteiger partial charge is 0.540 e. The minimum atomic E-state index is -1.67. The number of carboxylic acids is 1. The van der Waals surface area contributed by atoms with Gasteiger partial charge in [-0.3, -0.25) is 4.79 Å². The third kappa shape index (κ3) is 5.67. The molecular weight excluding hydrogens is 160 g/mol. The minimum Gasteiger partial charge on any atom is -0.540 e. The number of hydrogen-bond donors (Lipinski definition) is 2. The first-order valence-corrected chi connectivity index (χ1v) is 3.82. The highest BCUT2D eigenvalue weighted by atomic mass is 16.4. The lowest BCUT2D eigenvalue weighted by molar-refractivity contribution is -0.858. The van der Waals surface area contributed by atoms with E-state index in [1.165, 1.54) is 4.90 Å². The van der Waals surface area contributed by atoms with Crippen molar-refractivity contribution in [3.8, 4) is 0 Å². The van der Waals surface area contributed by atoms with Gasteiger partial charge in [-0.25, -0.2) is 0 Å². The number of hydrogen-bond acceptors (Lipinski definition) is 3. The van der Waals surface area contributed by atoms with Gasteiger partial charge < -0.3 is 20.1 Å². The smallest absolute Gasteiger partial charge is 0.266 e. The quantitative estimate of drug-likeness (QED) is 0.341. The van der Waals surface area contributed by atoms with E-state index in [0.29, 0.717) is 6.54 Å². The molecule has 1 amide bonds. The zero-order valence-electron chi connectivity index (χ0n) is 7.35. The van der Waals surface area contributed by atoms with Crippen molar-refractivity contribution in [3.63, 3.8) is 0 Å². The highest BCUT2D eigenvalue weighted by molar-refractivity contribution is 6.30. The Morgan fingerprint density at radius 1 is 1.42 bits per heavy atom. The van der Waals surface area contributed by atoms with Gasteiger partial charge in [0.05, 0.1) is 20.6 Å². The maximum Gasteiger partial charge on any atom is 0.266 e.